The van der Waals surface area contributed by atoms with E-state index in [0.717, 1.165) is 11.7 Å². The van der Waals surface area contributed by atoms with E-state index < -0.39 is 0 Å². The van der Waals surface area contributed by atoms with Gasteiger partial charge in [0.2, 0.25) is 0 Å². The van der Waals surface area contributed by atoms with Crippen molar-refractivity contribution in [3.05, 3.63) is 0 Å². The van der Waals surface area contributed by atoms with Gasteiger partial charge in [0.25, 0.3) is 0 Å². The van der Waals surface area contributed by atoms with Crippen molar-refractivity contribution in [2.75, 3.05) is 0 Å². The molecule has 0 spiro atoms. The minimum atomic E-state index is 1.01. The third-order valence-electron chi connectivity index (χ3n) is 2.29. The summed E-state index contributed by atoms with van der Waals surface area (Å²) in [5.41, 5.74) is 0. The van der Waals surface area contributed by atoms with Crippen LogP contribution >= 0.6 is 0 Å². The van der Waals surface area contributed by atoms with E-state index in [1.165, 1.54) is 19.3 Å². The quantitative estimate of drug-likeness (QED) is 0.398. The molecule has 0 aromatic carbocycles. The van der Waals surface area contributed by atoms with Gasteiger partial charge in [-0.2, -0.15) is 0 Å². The summed E-state index contributed by atoms with van der Waals surface area (Å²) >= 11 is 0. The second kappa shape index (κ2) is 1.89. The van der Waals surface area contributed by atoms with Crippen LogP contribution in [0, 0.1) is 5.92 Å². The van der Waals surface area contributed by atoms with E-state index in [0.29, 0.717) is 0 Å². The maximum Gasteiger partial charge on any atom is 0.105 e. The lowest BCUT2D eigenvalue weighted by atomic mass is 9.80. The largest absolute Gasteiger partial charge is 0.105 e. The van der Waals surface area contributed by atoms with Crippen LogP contribution in [0.1, 0.15) is 26.2 Å². The van der Waals surface area contributed by atoms with Crippen molar-refractivity contribution in [2.45, 2.75) is 32.0 Å². The zero-order valence-electron chi connectivity index (χ0n) is 5.28. The lowest BCUT2D eigenvalue weighted by Gasteiger charge is -2.04. The lowest BCUT2D eigenvalue weighted by Crippen LogP contribution is -1.93. The Morgan fingerprint density at radius 1 is 1.43 bits per heavy atom. The van der Waals surface area contributed by atoms with Gasteiger partial charge in [0.1, 0.15) is 7.85 Å². The predicted octanol–water partition coefficient (Wildman–Crippen LogP) is 1.23. The first kappa shape index (κ1) is 5.21. The van der Waals surface area contributed by atoms with Crippen molar-refractivity contribution in [2.24, 2.45) is 5.92 Å². The Labute approximate surface area is 46.7 Å². The van der Waals surface area contributed by atoms with Crippen LogP contribution in [0.3, 0.4) is 0 Å². The second-order valence-corrected chi connectivity index (χ2v) is 2.89. The van der Waals surface area contributed by atoms with Crippen LogP contribution < -0.4 is 0 Å². The van der Waals surface area contributed by atoms with Gasteiger partial charge < -0.3 is 0 Å². The van der Waals surface area contributed by atoms with Crippen molar-refractivity contribution in [3.8, 4) is 0 Å². The Hall–Kier alpha value is 0.0649. The molecule has 1 unspecified atom stereocenters. The third kappa shape index (κ3) is 0.989. The van der Waals surface area contributed by atoms with E-state index in [-0.39, 0.29) is 0 Å². The van der Waals surface area contributed by atoms with Gasteiger partial charge in [0.15, 0.2) is 0 Å². The van der Waals surface area contributed by atoms with Crippen LogP contribution in [0.25, 0.3) is 0 Å². The fourth-order valence-corrected chi connectivity index (χ4v) is 1.33. The van der Waals surface area contributed by atoms with Crippen LogP contribution in [-0.2, 0) is 0 Å². The van der Waals surface area contributed by atoms with Gasteiger partial charge in [0.05, 0.1) is 0 Å². The van der Waals surface area contributed by atoms with E-state index in [2.05, 4.69) is 14.8 Å². The van der Waals surface area contributed by atoms with E-state index in [1.807, 2.05) is 0 Å². The Balaban J connectivity index is 2.33. The molecular weight excluding hydrogens is 82.9 g/mol. The third-order valence-corrected chi connectivity index (χ3v) is 2.29. The van der Waals surface area contributed by atoms with E-state index >= 15 is 0 Å². The summed E-state index contributed by atoms with van der Waals surface area (Å²) < 4.78 is 0. The Kier molecular flexibility index (Phi) is 1.41. The molecule has 1 fully saturated rings. The SMILES string of the molecule is BC1CCC[C@@H]1C. The van der Waals surface area contributed by atoms with Gasteiger partial charge in [0, 0.05) is 0 Å². The average Bonchev–Trinajstić information content (AvgIpc) is 1.91. The normalized spacial score (nSPS) is 41.9. The fourth-order valence-electron chi connectivity index (χ4n) is 1.33. The number of hydrogen-bond donors (Lipinski definition) is 0. The maximum absolute atomic E-state index is 2.36. The highest BCUT2D eigenvalue weighted by Crippen LogP contribution is 2.32. The molecule has 0 aromatic rings. The number of rotatable bonds is 0. The summed E-state index contributed by atoms with van der Waals surface area (Å²) in [6.45, 7) is 2.36. The molecule has 0 aliphatic heterocycles. The zero-order valence-corrected chi connectivity index (χ0v) is 5.28. The van der Waals surface area contributed by atoms with Crippen molar-refractivity contribution in [1.29, 1.82) is 0 Å². The maximum atomic E-state index is 2.36. The van der Waals surface area contributed by atoms with Gasteiger partial charge in [-0.1, -0.05) is 32.0 Å². The molecule has 7 heavy (non-hydrogen) atoms. The van der Waals surface area contributed by atoms with Gasteiger partial charge in [-0.05, 0) is 5.92 Å². The van der Waals surface area contributed by atoms with Gasteiger partial charge in [-0.15, -0.1) is 0 Å². The molecule has 0 heterocycles. The minimum absolute atomic E-state index is 1.01. The molecular formula is C6H13B. The molecule has 0 amide bonds. The summed E-state index contributed by atoms with van der Waals surface area (Å²) in [6, 6.07) is 0. The van der Waals surface area contributed by atoms with Crippen LogP contribution in [0.5, 0.6) is 0 Å². The van der Waals surface area contributed by atoms with Crippen LogP contribution in [0.15, 0.2) is 0 Å². The summed E-state index contributed by atoms with van der Waals surface area (Å²) in [5, 5.41) is 0. The summed E-state index contributed by atoms with van der Waals surface area (Å²) in [5.74, 6) is 2.03. The molecule has 0 saturated heterocycles. The standard InChI is InChI=1S/C6H13B/c1-5-3-2-4-6(5)7/h5-6H,2-4,7H2,1H3/t5-,6?/m0/s1. The molecule has 0 aromatic heterocycles. The highest BCUT2D eigenvalue weighted by molar-refractivity contribution is 6.11. The monoisotopic (exact) mass is 96.1 g/mol. The van der Waals surface area contributed by atoms with Gasteiger partial charge in [-0.3, -0.25) is 0 Å². The van der Waals surface area contributed by atoms with Crippen molar-refractivity contribution >= 4 is 7.85 Å². The Bertz CT molecular complexity index is 53.2. The topological polar surface area (TPSA) is 0 Å². The molecule has 0 radical (unpaired) electrons. The smallest absolute Gasteiger partial charge is 0.0672 e. The first-order valence-corrected chi connectivity index (χ1v) is 3.30. The first-order valence-electron chi connectivity index (χ1n) is 3.30. The molecule has 0 nitrogen and oxygen atoms in total. The molecule has 2 atom stereocenters. The van der Waals surface area contributed by atoms with Crippen molar-refractivity contribution < 1.29 is 0 Å². The summed E-state index contributed by atoms with van der Waals surface area (Å²) in [4.78, 5) is 0. The molecule has 40 valence electrons. The summed E-state index contributed by atoms with van der Waals surface area (Å²) in [6.07, 6.45) is 4.42. The second-order valence-electron chi connectivity index (χ2n) is 2.89. The fraction of sp³-hybridized carbons (Fsp3) is 1.00. The van der Waals surface area contributed by atoms with Crippen LogP contribution in [-0.4, -0.2) is 7.85 Å². The minimum Gasteiger partial charge on any atom is -0.0672 e. The zero-order chi connectivity index (χ0) is 5.28. The van der Waals surface area contributed by atoms with Gasteiger partial charge in [-0.25, -0.2) is 0 Å². The van der Waals surface area contributed by atoms with E-state index in [4.69, 9.17) is 0 Å². The highest BCUT2D eigenvalue weighted by atomic mass is 14.2. The van der Waals surface area contributed by atoms with E-state index in [9.17, 15) is 0 Å². The van der Waals surface area contributed by atoms with Crippen molar-refractivity contribution in [1.82, 2.24) is 0 Å². The molecule has 0 bridgehead atoms. The molecule has 1 saturated carbocycles. The molecule has 1 heteroatoms. The first-order chi connectivity index (χ1) is 3.30. The predicted molar refractivity (Wildman–Crippen MR) is 35.3 cm³/mol. The lowest BCUT2D eigenvalue weighted by molar-refractivity contribution is 0.611. The average molecular weight is 96.0 g/mol. The van der Waals surface area contributed by atoms with Crippen LogP contribution in [0.4, 0.5) is 0 Å². The van der Waals surface area contributed by atoms with Crippen molar-refractivity contribution in [3.63, 3.8) is 0 Å². The van der Waals surface area contributed by atoms with E-state index in [1.54, 1.807) is 0 Å². The van der Waals surface area contributed by atoms with Crippen LogP contribution in [0.2, 0.25) is 5.82 Å². The Morgan fingerprint density at radius 2 is 2.14 bits per heavy atom. The number of hydrogen-bond acceptors (Lipinski definition) is 0. The Morgan fingerprint density at radius 3 is 2.29 bits per heavy atom. The molecule has 1 rings (SSSR count). The van der Waals surface area contributed by atoms with Gasteiger partial charge >= 0.3 is 0 Å². The summed E-state index contributed by atoms with van der Waals surface area (Å²) in [7, 11) is 2.36. The molecule has 1 aliphatic rings. The molecule has 0 N–H and O–H groups in total. The molecule has 1 aliphatic carbocycles. The highest BCUT2D eigenvalue weighted by Gasteiger charge is 2.17.